The topological polar surface area (TPSA) is 86.6 Å². The Labute approximate surface area is 221 Å². The minimum absolute atomic E-state index is 0.258. The van der Waals surface area contributed by atoms with Crippen molar-refractivity contribution < 1.29 is 107 Å². The van der Waals surface area contributed by atoms with Crippen LogP contribution < -0.4 is 4.72 Å². The van der Waals surface area contributed by atoms with Crippen molar-refractivity contribution in [3.63, 3.8) is 0 Å². The van der Waals surface area contributed by atoms with Gasteiger partial charge >= 0.3 is 52.9 Å². The molecule has 254 valence electrons. The lowest BCUT2D eigenvalue weighted by molar-refractivity contribution is -0.893. The van der Waals surface area contributed by atoms with Gasteiger partial charge in [0.25, 0.3) is 10.0 Å². The molecule has 0 fully saturated rings. The summed E-state index contributed by atoms with van der Waals surface area (Å²) in [6, 6.07) is 0. The van der Waals surface area contributed by atoms with Crippen molar-refractivity contribution in [1.82, 2.24) is 4.72 Å². The number of rotatable bonds is 15. The Morgan fingerprint density at radius 2 is 0.929 bits per heavy atom. The number of hydrogen-bond donors (Lipinski definition) is 3. The van der Waals surface area contributed by atoms with Gasteiger partial charge in [0.2, 0.25) is 0 Å². The van der Waals surface area contributed by atoms with Crippen molar-refractivity contribution in [2.75, 3.05) is 40.3 Å². The van der Waals surface area contributed by atoms with Crippen molar-refractivity contribution in [1.29, 1.82) is 0 Å². The van der Waals surface area contributed by atoms with Gasteiger partial charge in [-0.1, -0.05) is 0 Å². The fourth-order valence-electron chi connectivity index (χ4n) is 2.81. The van der Waals surface area contributed by atoms with Gasteiger partial charge < -0.3 is 14.7 Å². The molecule has 26 heteroatoms. The minimum Gasteiger partial charge on any atom is -0.391 e. The number of aliphatic hydroxyl groups excluding tert-OH is 2. The maximum atomic E-state index is 14.0. The molecule has 42 heavy (non-hydrogen) atoms. The number of quaternary nitrogens is 1. The maximum absolute atomic E-state index is 14.0. The molecule has 1 unspecified atom stereocenters. The molecule has 0 saturated heterocycles. The van der Waals surface area contributed by atoms with E-state index in [4.69, 9.17) is 5.11 Å². The third-order valence-corrected chi connectivity index (χ3v) is 6.82. The first-order valence-electron chi connectivity index (χ1n) is 10.1. The van der Waals surface area contributed by atoms with E-state index in [1.54, 1.807) is 0 Å². The van der Waals surface area contributed by atoms with Gasteiger partial charge in [-0.15, -0.1) is 0 Å². The smallest absolute Gasteiger partial charge is 0.391 e. The van der Waals surface area contributed by atoms with Crippen LogP contribution in [0.25, 0.3) is 0 Å². The zero-order chi connectivity index (χ0) is 34.6. The molecule has 6 nitrogen and oxygen atoms in total. The van der Waals surface area contributed by atoms with E-state index in [1.807, 2.05) is 0 Å². The van der Waals surface area contributed by atoms with E-state index in [-0.39, 0.29) is 11.3 Å². The SMILES string of the molecule is C[N+](C)(CCO)CC(O)CNS(=O)(=O)C(F)(F)C(F)(F)C(F)(F)C(F)(F)C(F)(F)C(F)(F)C(F)(F)C(F)(F)C(F)(F)F. The zero-order valence-electron chi connectivity index (χ0n) is 20.2. The van der Waals surface area contributed by atoms with Crippen molar-refractivity contribution in [3.05, 3.63) is 0 Å². The van der Waals surface area contributed by atoms with Gasteiger partial charge in [0, 0.05) is 6.54 Å². The molecule has 0 heterocycles. The summed E-state index contributed by atoms with van der Waals surface area (Å²) in [7, 11) is -5.25. The highest BCUT2D eigenvalue weighted by Gasteiger charge is 2.97. The van der Waals surface area contributed by atoms with E-state index in [1.165, 1.54) is 14.1 Å². The second-order valence-electron chi connectivity index (χ2n) is 9.11. The average Bonchev–Trinajstić information content (AvgIpc) is 2.75. The van der Waals surface area contributed by atoms with Crippen LogP contribution in [0.5, 0.6) is 0 Å². The summed E-state index contributed by atoms with van der Waals surface area (Å²) < 4.78 is 276. The summed E-state index contributed by atoms with van der Waals surface area (Å²) in [5.74, 6) is -62.2. The van der Waals surface area contributed by atoms with Crippen molar-refractivity contribution in [3.8, 4) is 0 Å². The molecular formula is C16H18F19N2O4S+. The minimum atomic E-state index is -9.18. The van der Waals surface area contributed by atoms with Gasteiger partial charge in [0.05, 0.1) is 20.7 Å². The lowest BCUT2D eigenvalue weighted by Gasteiger charge is -2.43. The third-order valence-electron chi connectivity index (χ3n) is 5.34. The van der Waals surface area contributed by atoms with Crippen LogP contribution in [0.1, 0.15) is 0 Å². The number of nitrogens with zero attached hydrogens (tertiary/aromatic N) is 1. The van der Waals surface area contributed by atoms with Crippen LogP contribution in [-0.2, 0) is 10.0 Å². The molecule has 0 spiro atoms. The van der Waals surface area contributed by atoms with E-state index in [0.29, 0.717) is 0 Å². The highest BCUT2D eigenvalue weighted by Crippen LogP contribution is 2.65. The summed E-state index contributed by atoms with van der Waals surface area (Å²) >= 11 is 0. The maximum Gasteiger partial charge on any atom is 0.460 e. The van der Waals surface area contributed by atoms with Gasteiger partial charge in [-0.05, 0) is 0 Å². The Kier molecular flexibility index (Phi) is 10.7. The summed E-state index contributed by atoms with van der Waals surface area (Å²) in [5.41, 5.74) is 0. The summed E-state index contributed by atoms with van der Waals surface area (Å²) in [4.78, 5) is 0. The normalized spacial score (nSPS) is 17.0. The molecule has 0 radical (unpaired) electrons. The van der Waals surface area contributed by atoms with E-state index in [2.05, 4.69) is 0 Å². The number of aliphatic hydroxyl groups is 2. The van der Waals surface area contributed by atoms with Crippen LogP contribution in [0.4, 0.5) is 83.4 Å². The van der Waals surface area contributed by atoms with Crippen LogP contribution in [-0.4, -0.2) is 122 Å². The van der Waals surface area contributed by atoms with Gasteiger partial charge in [0.1, 0.15) is 19.2 Å². The monoisotopic (exact) mass is 695 g/mol. The van der Waals surface area contributed by atoms with E-state index < -0.39 is 93.2 Å². The molecule has 1 atom stereocenters. The number of likely N-dealkylation sites (N-methyl/N-ethyl adjacent to an activating group) is 1. The summed E-state index contributed by atoms with van der Waals surface area (Å²) in [6.45, 7) is -3.50. The molecular weight excluding hydrogens is 677 g/mol. The lowest BCUT2D eigenvalue weighted by Crippen LogP contribution is -2.76. The first-order valence-corrected chi connectivity index (χ1v) is 11.6. The predicted molar refractivity (Wildman–Crippen MR) is 97.5 cm³/mol. The van der Waals surface area contributed by atoms with Crippen LogP contribution in [0, 0.1) is 0 Å². The Morgan fingerprint density at radius 3 is 1.24 bits per heavy atom. The summed E-state index contributed by atoms with van der Waals surface area (Å²) in [5, 5.41) is 10.6. The Hall–Kier alpha value is -1.54. The second kappa shape index (κ2) is 11.1. The van der Waals surface area contributed by atoms with E-state index in [0.717, 1.165) is 0 Å². The van der Waals surface area contributed by atoms with E-state index >= 15 is 0 Å². The highest BCUT2D eigenvalue weighted by molar-refractivity contribution is 7.90. The van der Waals surface area contributed by atoms with Crippen LogP contribution in [0.15, 0.2) is 0 Å². The molecule has 0 aliphatic carbocycles. The first-order chi connectivity index (χ1) is 17.9. The average molecular weight is 695 g/mol. The molecule has 0 aliphatic heterocycles. The molecule has 0 rings (SSSR count). The van der Waals surface area contributed by atoms with E-state index in [9.17, 15) is 96.9 Å². The first kappa shape index (κ1) is 40.5. The fourth-order valence-corrected chi connectivity index (χ4v) is 3.87. The highest BCUT2D eigenvalue weighted by atomic mass is 32.2. The van der Waals surface area contributed by atoms with Crippen molar-refractivity contribution in [2.24, 2.45) is 0 Å². The van der Waals surface area contributed by atoms with Gasteiger partial charge in [-0.2, -0.15) is 83.4 Å². The number of nitrogens with one attached hydrogen (secondary N) is 1. The Bertz CT molecular complexity index is 1060. The van der Waals surface area contributed by atoms with Gasteiger partial charge in [-0.25, -0.2) is 13.1 Å². The lowest BCUT2D eigenvalue weighted by atomic mass is 9.89. The standard InChI is InChI=1S/C16H18F19N2O4S/c1-37(2,3-4-38)6-7(39)5-36-42(40,41)16(34,35)14(29,30)12(25,26)10(21,22)8(17,18)9(19,20)11(23,24)13(27,28)15(31,32)33/h7,36,38-39H,3-6H2,1-2H3/q+1. The third kappa shape index (κ3) is 6.05. The molecule has 0 amide bonds. The number of alkyl halides is 19. The zero-order valence-corrected chi connectivity index (χ0v) is 21.0. The quantitative estimate of drug-likeness (QED) is 0.179. The number of halogens is 19. The number of sulfonamides is 1. The Morgan fingerprint density at radius 1 is 0.619 bits per heavy atom. The van der Waals surface area contributed by atoms with Gasteiger partial charge in [0.15, 0.2) is 0 Å². The molecule has 0 bridgehead atoms. The van der Waals surface area contributed by atoms with Crippen LogP contribution >= 0.6 is 0 Å². The van der Waals surface area contributed by atoms with Gasteiger partial charge in [-0.3, -0.25) is 0 Å². The molecule has 0 aliphatic rings. The number of hydrogen-bond acceptors (Lipinski definition) is 4. The van der Waals surface area contributed by atoms with Crippen molar-refractivity contribution in [2.45, 2.75) is 59.0 Å². The van der Waals surface area contributed by atoms with Crippen LogP contribution in [0.2, 0.25) is 0 Å². The predicted octanol–water partition coefficient (Wildman–Crippen LogP) is 3.94. The molecule has 0 saturated carbocycles. The molecule has 0 aromatic rings. The Balaban J connectivity index is 6.71. The fraction of sp³-hybridized carbons (Fsp3) is 1.00. The second-order valence-corrected chi connectivity index (χ2v) is 10.9. The van der Waals surface area contributed by atoms with Crippen molar-refractivity contribution >= 4 is 10.0 Å². The summed E-state index contributed by atoms with van der Waals surface area (Å²) in [6.07, 6.45) is -10.3. The largest absolute Gasteiger partial charge is 0.460 e. The van der Waals surface area contributed by atoms with Crippen LogP contribution in [0.3, 0.4) is 0 Å². The molecule has 0 aromatic heterocycles. The molecule has 0 aromatic carbocycles. The molecule has 3 N–H and O–H groups in total.